The number of halogens is 2. The zero-order valence-corrected chi connectivity index (χ0v) is 7.80. The van der Waals surface area contributed by atoms with E-state index in [2.05, 4.69) is 0 Å². The van der Waals surface area contributed by atoms with Crippen molar-refractivity contribution in [3.05, 3.63) is 9.40 Å². The molecule has 0 rings (SSSR count). The molecule has 0 fully saturated rings. The van der Waals surface area contributed by atoms with Crippen LogP contribution in [0.2, 0.25) is 0 Å². The van der Waals surface area contributed by atoms with E-state index in [0.717, 1.165) is 0 Å². The normalized spacial score (nSPS) is 11.3. The highest BCUT2D eigenvalue weighted by Crippen LogP contribution is 2.26. The Morgan fingerprint density at radius 2 is 2.00 bits per heavy atom. The molecule has 0 saturated carbocycles. The van der Waals surface area contributed by atoms with Gasteiger partial charge in [0.25, 0.3) is 0 Å². The highest BCUT2D eigenvalue weighted by atomic mass is 35.5. The molecule has 11 heavy (non-hydrogen) atoms. The molecule has 0 unspecified atom stereocenters. The Morgan fingerprint density at radius 3 is 2.45 bits per heavy atom. The summed E-state index contributed by atoms with van der Waals surface area (Å²) >= 11 is 12.1. The molecule has 58 valence electrons. The molecule has 2 nitrogen and oxygen atoms in total. The molecule has 0 N–H and O–H groups in total. The van der Waals surface area contributed by atoms with E-state index in [9.17, 15) is 0 Å². The number of rotatable bonds is 3. The smallest absolute Gasteiger partial charge is 0.143 e. The standard InChI is InChI=1S/C6H4Cl2N2S/c7-5(4-10)6(8)11-3-1-2-9/h1,3H2/b6-5+. The summed E-state index contributed by atoms with van der Waals surface area (Å²) in [6.45, 7) is 0. The van der Waals surface area contributed by atoms with Crippen molar-refractivity contribution >= 4 is 35.0 Å². The fraction of sp³-hybridized carbons (Fsp3) is 0.333. The largest absolute Gasteiger partial charge is 0.198 e. The SMILES string of the molecule is N#CCCS/C(Cl)=C(/Cl)C#N. The third kappa shape index (κ3) is 4.98. The number of nitriles is 2. The maximum Gasteiger partial charge on any atom is 0.143 e. The van der Waals surface area contributed by atoms with Gasteiger partial charge in [0, 0.05) is 12.2 Å². The van der Waals surface area contributed by atoms with Crippen LogP contribution >= 0.6 is 35.0 Å². The van der Waals surface area contributed by atoms with Crippen LogP contribution in [0.4, 0.5) is 0 Å². The maximum atomic E-state index is 8.26. The summed E-state index contributed by atoms with van der Waals surface area (Å²) in [6, 6.07) is 3.65. The highest BCUT2D eigenvalue weighted by molar-refractivity contribution is 8.04. The molecule has 0 radical (unpaired) electrons. The monoisotopic (exact) mass is 206 g/mol. The Balaban J connectivity index is 3.81. The highest BCUT2D eigenvalue weighted by Gasteiger charge is 2.00. The average Bonchev–Trinajstić information content (AvgIpc) is 2.03. The number of hydrogen-bond donors (Lipinski definition) is 0. The molecule has 0 amide bonds. The Kier molecular flexibility index (Phi) is 6.16. The molecule has 0 aromatic rings. The summed E-state index contributed by atoms with van der Waals surface area (Å²) in [5.74, 6) is 0.563. The van der Waals surface area contributed by atoms with E-state index in [4.69, 9.17) is 33.7 Å². The minimum absolute atomic E-state index is 0.0189. The summed E-state index contributed by atoms with van der Waals surface area (Å²) in [7, 11) is 0. The first-order valence-electron chi connectivity index (χ1n) is 2.67. The first-order valence-corrected chi connectivity index (χ1v) is 4.41. The van der Waals surface area contributed by atoms with Crippen LogP contribution in [0.15, 0.2) is 9.40 Å². The van der Waals surface area contributed by atoms with Gasteiger partial charge in [-0.1, -0.05) is 23.2 Å². The van der Waals surface area contributed by atoms with E-state index in [-0.39, 0.29) is 9.40 Å². The Hall–Kier alpha value is -0.350. The summed E-state index contributed by atoms with van der Waals surface area (Å²) in [4.78, 5) is 0. The summed E-state index contributed by atoms with van der Waals surface area (Å²) in [6.07, 6.45) is 0.399. The van der Waals surface area contributed by atoms with Crippen LogP contribution < -0.4 is 0 Å². The Bertz CT molecular complexity index is 236. The first-order chi connectivity index (χ1) is 5.22. The molecule has 0 saturated heterocycles. The molecule has 0 aromatic heterocycles. The van der Waals surface area contributed by atoms with Gasteiger partial charge in [-0.3, -0.25) is 0 Å². The van der Waals surface area contributed by atoms with Crippen molar-refractivity contribution in [2.24, 2.45) is 0 Å². The third-order valence-corrected chi connectivity index (χ3v) is 2.58. The molecule has 0 aliphatic carbocycles. The molecule has 0 aliphatic rings. The third-order valence-electron chi connectivity index (χ3n) is 0.713. The van der Waals surface area contributed by atoms with Crippen molar-refractivity contribution in [1.82, 2.24) is 0 Å². The number of hydrogen-bond acceptors (Lipinski definition) is 3. The van der Waals surface area contributed by atoms with Gasteiger partial charge in [0.1, 0.15) is 15.5 Å². The van der Waals surface area contributed by atoms with Crippen molar-refractivity contribution in [1.29, 1.82) is 10.5 Å². The molecular weight excluding hydrogens is 203 g/mol. The van der Waals surface area contributed by atoms with Crippen molar-refractivity contribution in [3.8, 4) is 12.1 Å². The second kappa shape index (κ2) is 6.37. The van der Waals surface area contributed by atoms with E-state index >= 15 is 0 Å². The van der Waals surface area contributed by atoms with Gasteiger partial charge in [-0.05, 0) is 0 Å². The van der Waals surface area contributed by atoms with Crippen molar-refractivity contribution in [2.45, 2.75) is 6.42 Å². The Labute approximate surface area is 79.4 Å². The molecule has 0 aliphatic heterocycles. The van der Waals surface area contributed by atoms with Crippen LogP contribution in [0.1, 0.15) is 6.42 Å². The van der Waals surface area contributed by atoms with Crippen molar-refractivity contribution < 1.29 is 0 Å². The van der Waals surface area contributed by atoms with E-state index in [1.54, 1.807) is 6.07 Å². The average molecular weight is 207 g/mol. The summed E-state index contributed by atoms with van der Waals surface area (Å²) < 4.78 is 0.254. The number of nitrogens with zero attached hydrogens (tertiary/aromatic N) is 2. The molecule has 0 atom stereocenters. The number of allylic oxidation sites excluding steroid dienone is 1. The molecule has 0 aromatic carbocycles. The lowest BCUT2D eigenvalue weighted by atomic mass is 10.6. The lowest BCUT2D eigenvalue weighted by Crippen LogP contribution is -1.75. The maximum absolute atomic E-state index is 8.26. The molecule has 0 heterocycles. The second-order valence-corrected chi connectivity index (χ2v) is 3.54. The lowest BCUT2D eigenvalue weighted by molar-refractivity contribution is 1.24. The fourth-order valence-electron chi connectivity index (χ4n) is 0.294. The fourth-order valence-corrected chi connectivity index (χ4v) is 1.28. The van der Waals surface area contributed by atoms with E-state index in [1.807, 2.05) is 6.07 Å². The first kappa shape index (κ1) is 10.7. The van der Waals surface area contributed by atoms with Crippen LogP contribution in [0, 0.1) is 22.7 Å². The lowest BCUT2D eigenvalue weighted by Gasteiger charge is -1.93. The second-order valence-electron chi connectivity index (χ2n) is 1.46. The minimum atomic E-state index is -0.0189. The molecule has 0 bridgehead atoms. The van der Waals surface area contributed by atoms with Gasteiger partial charge >= 0.3 is 0 Å². The quantitative estimate of drug-likeness (QED) is 0.528. The van der Waals surface area contributed by atoms with Crippen LogP contribution in [0.5, 0.6) is 0 Å². The van der Waals surface area contributed by atoms with Crippen molar-refractivity contribution in [3.63, 3.8) is 0 Å². The predicted molar refractivity (Wildman–Crippen MR) is 47.0 cm³/mol. The van der Waals surface area contributed by atoms with E-state index in [0.29, 0.717) is 12.2 Å². The van der Waals surface area contributed by atoms with Gasteiger partial charge in [-0.15, -0.1) is 11.8 Å². The van der Waals surface area contributed by atoms with E-state index in [1.165, 1.54) is 11.8 Å². The van der Waals surface area contributed by atoms with Gasteiger partial charge in [0.15, 0.2) is 0 Å². The minimum Gasteiger partial charge on any atom is -0.198 e. The van der Waals surface area contributed by atoms with Crippen molar-refractivity contribution in [2.75, 3.05) is 5.75 Å². The van der Waals surface area contributed by atoms with Crippen LogP contribution in [-0.2, 0) is 0 Å². The summed E-state index contributed by atoms with van der Waals surface area (Å²) in [5.41, 5.74) is 0. The van der Waals surface area contributed by atoms with Gasteiger partial charge < -0.3 is 0 Å². The zero-order chi connectivity index (χ0) is 8.69. The van der Waals surface area contributed by atoms with Crippen LogP contribution in [0.3, 0.4) is 0 Å². The topological polar surface area (TPSA) is 47.6 Å². The number of thioether (sulfide) groups is 1. The molecular formula is C6H4Cl2N2S. The van der Waals surface area contributed by atoms with Gasteiger partial charge in [0.05, 0.1) is 6.07 Å². The van der Waals surface area contributed by atoms with Gasteiger partial charge in [0.2, 0.25) is 0 Å². The predicted octanol–water partition coefficient (Wildman–Crippen LogP) is 2.80. The summed E-state index contributed by atoms with van der Waals surface area (Å²) in [5, 5.41) is 16.4. The van der Waals surface area contributed by atoms with Crippen LogP contribution in [0.25, 0.3) is 0 Å². The van der Waals surface area contributed by atoms with Crippen LogP contribution in [-0.4, -0.2) is 5.75 Å². The van der Waals surface area contributed by atoms with E-state index < -0.39 is 0 Å². The molecule has 5 heteroatoms. The molecule has 0 spiro atoms. The van der Waals surface area contributed by atoms with Gasteiger partial charge in [-0.2, -0.15) is 10.5 Å². The zero-order valence-electron chi connectivity index (χ0n) is 5.47. The Morgan fingerprint density at radius 1 is 1.36 bits per heavy atom. The van der Waals surface area contributed by atoms with Gasteiger partial charge in [-0.25, -0.2) is 0 Å².